The molecule has 0 aromatic carbocycles. The summed E-state index contributed by atoms with van der Waals surface area (Å²) in [6, 6.07) is 4.05. The van der Waals surface area contributed by atoms with Gasteiger partial charge in [0, 0.05) is 62.2 Å². The second-order valence-electron chi connectivity index (χ2n) is 8.65. The molecule has 0 spiro atoms. The average Bonchev–Trinajstić information content (AvgIpc) is 3.28. The number of amides is 1. The van der Waals surface area contributed by atoms with E-state index < -0.39 is 0 Å². The van der Waals surface area contributed by atoms with E-state index in [2.05, 4.69) is 14.8 Å². The SMILES string of the molecule is O=C(C1CCC1)N1CCC[C@H](c2nc(N3CCCC3)ncc2-c2ccncc2)C1. The van der Waals surface area contributed by atoms with Crippen molar-refractivity contribution in [3.8, 4) is 11.1 Å². The summed E-state index contributed by atoms with van der Waals surface area (Å²) >= 11 is 0. The van der Waals surface area contributed by atoms with Crippen LogP contribution in [0.25, 0.3) is 11.1 Å². The summed E-state index contributed by atoms with van der Waals surface area (Å²) in [4.78, 5) is 31.2. The lowest BCUT2D eigenvalue weighted by atomic mass is 9.83. The van der Waals surface area contributed by atoms with Gasteiger partial charge in [0.2, 0.25) is 11.9 Å². The maximum atomic E-state index is 12.9. The highest BCUT2D eigenvalue weighted by Crippen LogP contribution is 2.36. The first-order valence-electron chi connectivity index (χ1n) is 11.1. The summed E-state index contributed by atoms with van der Waals surface area (Å²) in [5, 5.41) is 0. The van der Waals surface area contributed by atoms with Gasteiger partial charge in [0.05, 0.1) is 5.69 Å². The Balaban J connectivity index is 1.47. The molecule has 1 aliphatic carbocycles. The van der Waals surface area contributed by atoms with Crippen molar-refractivity contribution >= 4 is 11.9 Å². The standard InChI is InChI=1S/C23H29N5O/c29-22(18-5-3-6-18)28-14-4-7-19(16-28)21-20(17-8-10-24-11-9-17)15-25-23(26-21)27-12-1-2-13-27/h8-11,15,18-19H,1-7,12-14,16H2/t19-/m0/s1. The van der Waals surface area contributed by atoms with Crippen LogP contribution in [0, 0.1) is 5.92 Å². The van der Waals surface area contributed by atoms with Gasteiger partial charge in [-0.2, -0.15) is 0 Å². The van der Waals surface area contributed by atoms with Gasteiger partial charge in [0.25, 0.3) is 0 Å². The first-order chi connectivity index (χ1) is 14.3. The van der Waals surface area contributed by atoms with Crippen molar-refractivity contribution in [1.82, 2.24) is 19.9 Å². The van der Waals surface area contributed by atoms with E-state index in [1.165, 1.54) is 19.3 Å². The van der Waals surface area contributed by atoms with Crippen LogP contribution in [0.3, 0.4) is 0 Å². The Kier molecular flexibility index (Phi) is 5.17. The van der Waals surface area contributed by atoms with E-state index in [1.54, 1.807) is 0 Å². The number of aromatic nitrogens is 3. The van der Waals surface area contributed by atoms with Gasteiger partial charge < -0.3 is 9.80 Å². The Labute approximate surface area is 172 Å². The molecule has 152 valence electrons. The lowest BCUT2D eigenvalue weighted by Gasteiger charge is -2.37. The largest absolute Gasteiger partial charge is 0.342 e. The third-order valence-corrected chi connectivity index (χ3v) is 6.76. The molecule has 0 unspecified atom stereocenters. The van der Waals surface area contributed by atoms with E-state index in [0.29, 0.717) is 5.91 Å². The predicted molar refractivity (Wildman–Crippen MR) is 113 cm³/mol. The van der Waals surface area contributed by atoms with Gasteiger partial charge in [-0.3, -0.25) is 9.78 Å². The molecular weight excluding hydrogens is 362 g/mol. The van der Waals surface area contributed by atoms with Gasteiger partial charge in [0.1, 0.15) is 0 Å². The van der Waals surface area contributed by atoms with Crippen molar-refractivity contribution < 1.29 is 4.79 Å². The van der Waals surface area contributed by atoms with E-state index in [4.69, 9.17) is 9.97 Å². The van der Waals surface area contributed by atoms with Crippen LogP contribution in [0.4, 0.5) is 5.95 Å². The van der Waals surface area contributed by atoms with Crippen molar-refractivity contribution in [3.05, 3.63) is 36.4 Å². The molecule has 0 N–H and O–H groups in total. The van der Waals surface area contributed by atoms with Crippen LogP contribution in [-0.4, -0.2) is 51.9 Å². The second-order valence-corrected chi connectivity index (χ2v) is 8.65. The zero-order valence-corrected chi connectivity index (χ0v) is 17.0. The highest BCUT2D eigenvalue weighted by atomic mass is 16.2. The first-order valence-corrected chi connectivity index (χ1v) is 11.1. The maximum absolute atomic E-state index is 12.9. The van der Waals surface area contributed by atoms with Crippen molar-refractivity contribution in [2.75, 3.05) is 31.1 Å². The van der Waals surface area contributed by atoms with E-state index in [-0.39, 0.29) is 11.8 Å². The Morgan fingerprint density at radius 1 is 0.966 bits per heavy atom. The molecule has 2 aromatic rings. The molecule has 4 heterocycles. The van der Waals surface area contributed by atoms with E-state index in [9.17, 15) is 4.79 Å². The fourth-order valence-corrected chi connectivity index (χ4v) is 4.83. The molecule has 2 aromatic heterocycles. The molecule has 0 radical (unpaired) electrons. The summed E-state index contributed by atoms with van der Waals surface area (Å²) in [5.74, 6) is 1.73. The molecule has 1 amide bonds. The minimum atomic E-state index is 0.263. The van der Waals surface area contributed by atoms with Crippen LogP contribution in [0.2, 0.25) is 0 Å². The molecule has 2 saturated heterocycles. The number of pyridine rings is 1. The van der Waals surface area contributed by atoms with Crippen LogP contribution in [-0.2, 0) is 4.79 Å². The fraction of sp³-hybridized carbons (Fsp3) is 0.565. The quantitative estimate of drug-likeness (QED) is 0.796. The number of hydrogen-bond donors (Lipinski definition) is 0. The summed E-state index contributed by atoms with van der Waals surface area (Å²) in [5.41, 5.74) is 3.28. The zero-order valence-electron chi connectivity index (χ0n) is 17.0. The fourth-order valence-electron chi connectivity index (χ4n) is 4.83. The second kappa shape index (κ2) is 8.09. The number of hydrogen-bond acceptors (Lipinski definition) is 5. The van der Waals surface area contributed by atoms with E-state index in [0.717, 1.165) is 74.6 Å². The molecule has 29 heavy (non-hydrogen) atoms. The van der Waals surface area contributed by atoms with Gasteiger partial charge in [0.15, 0.2) is 0 Å². The first kappa shape index (κ1) is 18.5. The van der Waals surface area contributed by atoms with Crippen LogP contribution >= 0.6 is 0 Å². The number of nitrogens with zero attached hydrogens (tertiary/aromatic N) is 5. The molecular formula is C23H29N5O. The molecule has 2 aliphatic heterocycles. The molecule has 6 nitrogen and oxygen atoms in total. The maximum Gasteiger partial charge on any atom is 0.225 e. The Bertz CT molecular complexity index is 861. The number of carbonyl (C=O) groups is 1. The minimum absolute atomic E-state index is 0.263. The van der Waals surface area contributed by atoms with Crippen LogP contribution < -0.4 is 4.90 Å². The van der Waals surface area contributed by atoms with Gasteiger partial charge in [-0.15, -0.1) is 0 Å². The summed E-state index contributed by atoms with van der Waals surface area (Å²) < 4.78 is 0. The van der Waals surface area contributed by atoms with Crippen LogP contribution in [0.1, 0.15) is 56.6 Å². The Morgan fingerprint density at radius 3 is 2.48 bits per heavy atom. The van der Waals surface area contributed by atoms with Gasteiger partial charge in [-0.25, -0.2) is 9.97 Å². The summed E-state index contributed by atoms with van der Waals surface area (Å²) in [6.45, 7) is 3.74. The zero-order chi connectivity index (χ0) is 19.6. The molecule has 0 bridgehead atoms. The van der Waals surface area contributed by atoms with Crippen molar-refractivity contribution in [1.29, 1.82) is 0 Å². The van der Waals surface area contributed by atoms with Gasteiger partial charge in [-0.1, -0.05) is 6.42 Å². The highest BCUT2D eigenvalue weighted by molar-refractivity contribution is 5.80. The molecule has 5 rings (SSSR count). The van der Waals surface area contributed by atoms with Crippen molar-refractivity contribution in [2.24, 2.45) is 5.92 Å². The normalized spacial score (nSPS) is 22.6. The van der Waals surface area contributed by atoms with E-state index in [1.807, 2.05) is 30.7 Å². The number of carbonyl (C=O) groups excluding carboxylic acids is 1. The number of piperidine rings is 1. The average molecular weight is 392 g/mol. The topological polar surface area (TPSA) is 62.2 Å². The molecule has 1 atom stereocenters. The summed E-state index contributed by atoms with van der Waals surface area (Å²) in [6.07, 6.45) is 13.5. The lowest BCUT2D eigenvalue weighted by molar-refractivity contribution is -0.139. The third-order valence-electron chi connectivity index (χ3n) is 6.76. The van der Waals surface area contributed by atoms with Gasteiger partial charge in [-0.05, 0) is 56.2 Å². The predicted octanol–water partition coefficient (Wildman–Crippen LogP) is 3.64. The van der Waals surface area contributed by atoms with Crippen molar-refractivity contribution in [2.45, 2.75) is 50.9 Å². The lowest BCUT2D eigenvalue weighted by Crippen LogP contribution is -2.44. The van der Waals surface area contributed by atoms with E-state index >= 15 is 0 Å². The number of likely N-dealkylation sites (tertiary alicyclic amines) is 1. The number of rotatable bonds is 4. The van der Waals surface area contributed by atoms with Gasteiger partial charge >= 0.3 is 0 Å². The molecule has 3 aliphatic rings. The third kappa shape index (κ3) is 3.72. The molecule has 3 fully saturated rings. The molecule has 6 heteroatoms. The van der Waals surface area contributed by atoms with Crippen LogP contribution in [0.15, 0.2) is 30.7 Å². The number of anilines is 1. The minimum Gasteiger partial charge on any atom is -0.342 e. The van der Waals surface area contributed by atoms with Crippen molar-refractivity contribution in [3.63, 3.8) is 0 Å². The highest BCUT2D eigenvalue weighted by Gasteiger charge is 2.34. The summed E-state index contributed by atoms with van der Waals surface area (Å²) in [7, 11) is 0. The Hall–Kier alpha value is -2.50. The molecule has 1 saturated carbocycles. The monoisotopic (exact) mass is 391 g/mol. The smallest absolute Gasteiger partial charge is 0.225 e. The van der Waals surface area contributed by atoms with Crippen LogP contribution in [0.5, 0.6) is 0 Å². The Morgan fingerprint density at radius 2 is 1.76 bits per heavy atom.